The van der Waals surface area contributed by atoms with Crippen LogP contribution in [-0.4, -0.2) is 30.1 Å². The number of fused-ring (bicyclic) bond motifs is 3. The zero-order chi connectivity index (χ0) is 21.1. The van der Waals surface area contributed by atoms with Crippen molar-refractivity contribution in [2.45, 2.75) is 13.8 Å². The van der Waals surface area contributed by atoms with Gasteiger partial charge in [-0.15, -0.1) is 0 Å². The predicted molar refractivity (Wildman–Crippen MR) is 117 cm³/mol. The van der Waals surface area contributed by atoms with E-state index < -0.39 is 0 Å². The number of aromatic nitrogens is 1. The van der Waals surface area contributed by atoms with Gasteiger partial charge in [0.2, 0.25) is 0 Å². The summed E-state index contributed by atoms with van der Waals surface area (Å²) in [5.41, 5.74) is 3.29. The van der Waals surface area contributed by atoms with Crippen molar-refractivity contribution >= 4 is 33.6 Å². The van der Waals surface area contributed by atoms with Crippen LogP contribution in [0.25, 0.3) is 32.9 Å². The Labute approximate surface area is 174 Å². The molecule has 0 amide bonds. The highest BCUT2D eigenvalue weighted by Gasteiger charge is 2.16. The van der Waals surface area contributed by atoms with Crippen molar-refractivity contribution in [3.05, 3.63) is 77.9 Å². The number of esters is 2. The molecule has 0 saturated heterocycles. The molecule has 150 valence electrons. The van der Waals surface area contributed by atoms with Gasteiger partial charge < -0.3 is 9.47 Å². The number of ether oxygens (including phenoxy) is 2. The molecule has 1 heterocycles. The van der Waals surface area contributed by atoms with E-state index in [4.69, 9.17) is 14.5 Å². The van der Waals surface area contributed by atoms with Gasteiger partial charge in [-0.05, 0) is 43.5 Å². The molecule has 0 N–H and O–H groups in total. The number of hydrogen-bond acceptors (Lipinski definition) is 5. The summed E-state index contributed by atoms with van der Waals surface area (Å²) >= 11 is 0. The fourth-order valence-corrected chi connectivity index (χ4v) is 3.51. The largest absolute Gasteiger partial charge is 0.462 e. The molecule has 0 aliphatic heterocycles. The Morgan fingerprint density at radius 3 is 1.97 bits per heavy atom. The molecule has 0 aliphatic rings. The second-order valence-electron chi connectivity index (χ2n) is 6.76. The number of carbonyl (C=O) groups is 2. The standard InChI is InChI=1S/C25H21NO4/c1-3-29-24(27)17-10-12-19-20-13-11-18(25(28)30-4-2)15-22(20)26-23(21(19)14-17)16-8-6-5-7-9-16/h5-15H,3-4H2,1-2H3. The van der Waals surface area contributed by atoms with E-state index in [-0.39, 0.29) is 11.9 Å². The molecule has 5 nitrogen and oxygen atoms in total. The fraction of sp³-hybridized carbons (Fsp3) is 0.160. The highest BCUT2D eigenvalue weighted by atomic mass is 16.5. The van der Waals surface area contributed by atoms with Crippen molar-refractivity contribution in [3.63, 3.8) is 0 Å². The first-order chi connectivity index (χ1) is 14.6. The van der Waals surface area contributed by atoms with Crippen LogP contribution in [0.15, 0.2) is 66.7 Å². The van der Waals surface area contributed by atoms with Crippen LogP contribution in [0.4, 0.5) is 0 Å². The molecule has 0 unspecified atom stereocenters. The molecule has 0 bridgehead atoms. The van der Waals surface area contributed by atoms with Crippen LogP contribution in [0.1, 0.15) is 34.6 Å². The number of carbonyl (C=O) groups excluding carboxylic acids is 2. The topological polar surface area (TPSA) is 65.5 Å². The quantitative estimate of drug-likeness (QED) is 0.332. The number of benzene rings is 3. The fourth-order valence-electron chi connectivity index (χ4n) is 3.51. The molecule has 0 radical (unpaired) electrons. The average Bonchev–Trinajstić information content (AvgIpc) is 2.78. The third-order valence-electron chi connectivity index (χ3n) is 4.86. The van der Waals surface area contributed by atoms with Crippen molar-refractivity contribution in [1.29, 1.82) is 0 Å². The molecule has 0 aliphatic carbocycles. The van der Waals surface area contributed by atoms with Crippen molar-refractivity contribution in [1.82, 2.24) is 4.98 Å². The Kier molecular flexibility index (Phi) is 5.44. The molecule has 0 atom stereocenters. The summed E-state index contributed by atoms with van der Waals surface area (Å²) in [6.45, 7) is 4.19. The van der Waals surface area contributed by atoms with Gasteiger partial charge in [-0.3, -0.25) is 0 Å². The maximum Gasteiger partial charge on any atom is 0.338 e. The smallest absolute Gasteiger partial charge is 0.338 e. The van der Waals surface area contributed by atoms with Crippen molar-refractivity contribution in [2.24, 2.45) is 0 Å². The minimum absolute atomic E-state index is 0.313. The van der Waals surface area contributed by atoms with Gasteiger partial charge in [0.1, 0.15) is 0 Å². The summed E-state index contributed by atoms with van der Waals surface area (Å²) in [7, 11) is 0. The van der Waals surface area contributed by atoms with Gasteiger partial charge >= 0.3 is 11.9 Å². The van der Waals surface area contributed by atoms with Crippen molar-refractivity contribution in [2.75, 3.05) is 13.2 Å². The van der Waals surface area contributed by atoms with Crippen LogP contribution in [0, 0.1) is 0 Å². The number of nitrogens with zero attached hydrogens (tertiary/aromatic N) is 1. The lowest BCUT2D eigenvalue weighted by Crippen LogP contribution is -2.05. The summed E-state index contributed by atoms with van der Waals surface area (Å²) in [6.07, 6.45) is 0. The van der Waals surface area contributed by atoms with E-state index in [1.54, 1.807) is 32.0 Å². The minimum Gasteiger partial charge on any atom is -0.462 e. The van der Waals surface area contributed by atoms with Gasteiger partial charge in [0.25, 0.3) is 0 Å². The molecule has 4 rings (SSSR count). The van der Waals surface area contributed by atoms with E-state index >= 15 is 0 Å². The molecular formula is C25H21NO4. The number of pyridine rings is 1. The van der Waals surface area contributed by atoms with Gasteiger partial charge in [-0.1, -0.05) is 42.5 Å². The molecule has 30 heavy (non-hydrogen) atoms. The Morgan fingerprint density at radius 2 is 1.33 bits per heavy atom. The Balaban J connectivity index is 1.99. The lowest BCUT2D eigenvalue weighted by atomic mass is 9.97. The van der Waals surface area contributed by atoms with E-state index in [1.165, 1.54) is 0 Å². The molecule has 1 aromatic heterocycles. The Bertz CT molecular complexity index is 1250. The van der Waals surface area contributed by atoms with Crippen molar-refractivity contribution < 1.29 is 19.1 Å². The van der Waals surface area contributed by atoms with E-state index in [2.05, 4.69) is 0 Å². The summed E-state index contributed by atoms with van der Waals surface area (Å²) in [5.74, 6) is -0.739. The van der Waals surface area contributed by atoms with Crippen LogP contribution in [-0.2, 0) is 9.47 Å². The van der Waals surface area contributed by atoms with Crippen LogP contribution in [0.5, 0.6) is 0 Å². The first-order valence-corrected chi connectivity index (χ1v) is 9.89. The molecule has 5 heteroatoms. The van der Waals surface area contributed by atoms with Gasteiger partial charge in [0.05, 0.1) is 35.6 Å². The second-order valence-corrected chi connectivity index (χ2v) is 6.76. The molecular weight excluding hydrogens is 378 g/mol. The lowest BCUT2D eigenvalue weighted by Gasteiger charge is -2.12. The van der Waals surface area contributed by atoms with Crippen LogP contribution in [0.2, 0.25) is 0 Å². The SMILES string of the molecule is CCOC(=O)c1ccc2c(c1)nc(-c1ccccc1)c1cc(C(=O)OCC)ccc12. The normalized spacial score (nSPS) is 10.9. The van der Waals surface area contributed by atoms with E-state index in [0.717, 1.165) is 27.4 Å². The van der Waals surface area contributed by atoms with Gasteiger partial charge in [-0.25, -0.2) is 14.6 Å². The number of rotatable bonds is 5. The molecule has 4 aromatic rings. The van der Waals surface area contributed by atoms with Gasteiger partial charge in [0, 0.05) is 16.3 Å². The predicted octanol–water partition coefficient (Wildman–Crippen LogP) is 5.41. The van der Waals surface area contributed by atoms with E-state index in [9.17, 15) is 9.59 Å². The first kappa shape index (κ1) is 19.6. The summed E-state index contributed by atoms with van der Waals surface area (Å²) < 4.78 is 10.3. The monoisotopic (exact) mass is 399 g/mol. The summed E-state index contributed by atoms with van der Waals surface area (Å²) in [4.78, 5) is 29.3. The van der Waals surface area contributed by atoms with Gasteiger partial charge in [-0.2, -0.15) is 0 Å². The van der Waals surface area contributed by atoms with Crippen molar-refractivity contribution in [3.8, 4) is 11.3 Å². The zero-order valence-corrected chi connectivity index (χ0v) is 16.8. The minimum atomic E-state index is -0.375. The molecule has 3 aromatic carbocycles. The summed E-state index contributed by atoms with van der Waals surface area (Å²) in [5, 5.41) is 2.69. The maximum absolute atomic E-state index is 12.3. The second kappa shape index (κ2) is 8.33. The van der Waals surface area contributed by atoms with E-state index in [1.807, 2.05) is 48.5 Å². The summed E-state index contributed by atoms with van der Waals surface area (Å²) in [6, 6.07) is 20.6. The highest BCUT2D eigenvalue weighted by molar-refractivity contribution is 6.13. The van der Waals surface area contributed by atoms with Gasteiger partial charge in [0.15, 0.2) is 0 Å². The number of hydrogen-bond donors (Lipinski definition) is 0. The van der Waals surface area contributed by atoms with Crippen LogP contribution in [0.3, 0.4) is 0 Å². The van der Waals surface area contributed by atoms with Crippen LogP contribution >= 0.6 is 0 Å². The van der Waals surface area contributed by atoms with Crippen LogP contribution < -0.4 is 0 Å². The molecule has 0 spiro atoms. The van der Waals surface area contributed by atoms with E-state index in [0.29, 0.717) is 29.9 Å². The third-order valence-corrected chi connectivity index (χ3v) is 4.86. The lowest BCUT2D eigenvalue weighted by molar-refractivity contribution is 0.0517. The average molecular weight is 399 g/mol. The highest BCUT2D eigenvalue weighted by Crippen LogP contribution is 2.33. The zero-order valence-electron chi connectivity index (χ0n) is 16.8. The Morgan fingerprint density at radius 1 is 0.733 bits per heavy atom. The maximum atomic E-state index is 12.3. The Hall–Kier alpha value is -3.73. The third kappa shape index (κ3) is 3.62. The molecule has 0 saturated carbocycles. The first-order valence-electron chi connectivity index (χ1n) is 9.89. The molecule has 0 fully saturated rings.